The first-order valence-electron chi connectivity index (χ1n) is 9.32. The van der Waals surface area contributed by atoms with Gasteiger partial charge in [-0.15, -0.1) is 0 Å². The minimum Gasteiger partial charge on any atom is -0.478 e. The topological polar surface area (TPSA) is 77.2 Å². The highest BCUT2D eigenvalue weighted by Crippen LogP contribution is 2.36. The average molecular weight is 401 g/mol. The molecular formula is C23H16FN3O3. The van der Waals surface area contributed by atoms with Gasteiger partial charge in [0, 0.05) is 31.1 Å². The van der Waals surface area contributed by atoms with E-state index in [4.69, 9.17) is 4.74 Å². The summed E-state index contributed by atoms with van der Waals surface area (Å²) >= 11 is 0. The number of carboxylic acid groups (broad SMARTS) is 1. The van der Waals surface area contributed by atoms with Crippen LogP contribution in [-0.4, -0.2) is 25.8 Å². The van der Waals surface area contributed by atoms with Crippen molar-refractivity contribution < 1.29 is 19.0 Å². The van der Waals surface area contributed by atoms with Crippen molar-refractivity contribution in [2.45, 2.75) is 6.42 Å². The van der Waals surface area contributed by atoms with E-state index in [1.54, 1.807) is 16.8 Å². The van der Waals surface area contributed by atoms with Gasteiger partial charge in [-0.05, 0) is 59.7 Å². The Kier molecular flexibility index (Phi) is 4.10. The van der Waals surface area contributed by atoms with Gasteiger partial charge < -0.3 is 9.84 Å². The number of benzene rings is 2. The van der Waals surface area contributed by atoms with E-state index in [-0.39, 0.29) is 11.4 Å². The van der Waals surface area contributed by atoms with Gasteiger partial charge in [0.05, 0.1) is 22.5 Å². The van der Waals surface area contributed by atoms with E-state index in [0.717, 1.165) is 22.2 Å². The summed E-state index contributed by atoms with van der Waals surface area (Å²) in [7, 11) is 1.84. The molecule has 0 fully saturated rings. The minimum atomic E-state index is -0.961. The fourth-order valence-corrected chi connectivity index (χ4v) is 3.75. The number of allylic oxidation sites excluding steroid dienone is 1. The number of hydrogen-bond donors (Lipinski definition) is 1. The Morgan fingerprint density at radius 2 is 1.90 bits per heavy atom. The number of carboxylic acids is 1. The fourth-order valence-electron chi connectivity index (χ4n) is 3.75. The summed E-state index contributed by atoms with van der Waals surface area (Å²) in [5.41, 5.74) is 4.21. The molecule has 148 valence electrons. The molecule has 7 heteroatoms. The summed E-state index contributed by atoms with van der Waals surface area (Å²) in [6.45, 7) is 0. The first-order chi connectivity index (χ1) is 14.5. The van der Waals surface area contributed by atoms with Crippen molar-refractivity contribution in [2.24, 2.45) is 7.05 Å². The fraction of sp³-hybridized carbons (Fsp3) is 0.0870. The van der Waals surface area contributed by atoms with Gasteiger partial charge in [-0.25, -0.2) is 9.18 Å². The van der Waals surface area contributed by atoms with E-state index in [1.807, 2.05) is 31.3 Å². The van der Waals surface area contributed by atoms with Gasteiger partial charge in [0.1, 0.15) is 17.3 Å². The van der Waals surface area contributed by atoms with Crippen molar-refractivity contribution in [3.63, 3.8) is 0 Å². The zero-order valence-corrected chi connectivity index (χ0v) is 16.0. The van der Waals surface area contributed by atoms with Gasteiger partial charge in [-0.1, -0.05) is 0 Å². The van der Waals surface area contributed by atoms with Crippen LogP contribution in [0.5, 0.6) is 11.5 Å². The monoisotopic (exact) mass is 401 g/mol. The highest BCUT2D eigenvalue weighted by molar-refractivity contribution is 6.00. The number of ether oxygens (including phenoxy) is 1. The van der Waals surface area contributed by atoms with Gasteiger partial charge in [0.15, 0.2) is 0 Å². The number of hydrogen-bond acceptors (Lipinski definition) is 4. The van der Waals surface area contributed by atoms with E-state index in [0.29, 0.717) is 29.2 Å². The van der Waals surface area contributed by atoms with Crippen LogP contribution in [0.4, 0.5) is 4.39 Å². The van der Waals surface area contributed by atoms with Crippen LogP contribution in [0.1, 0.15) is 27.3 Å². The van der Waals surface area contributed by atoms with Crippen molar-refractivity contribution in [2.75, 3.05) is 0 Å². The van der Waals surface area contributed by atoms with Crippen LogP contribution < -0.4 is 4.74 Å². The molecule has 6 nitrogen and oxygen atoms in total. The first kappa shape index (κ1) is 18.1. The van der Waals surface area contributed by atoms with E-state index in [2.05, 4.69) is 10.1 Å². The highest BCUT2D eigenvalue weighted by Gasteiger charge is 2.24. The second-order valence-electron chi connectivity index (χ2n) is 7.08. The Balaban J connectivity index is 1.50. The number of fused-ring (bicyclic) bond motifs is 2. The number of nitrogens with zero attached hydrogens (tertiary/aromatic N) is 3. The first-order valence-corrected chi connectivity index (χ1v) is 9.32. The van der Waals surface area contributed by atoms with Gasteiger partial charge in [0.2, 0.25) is 0 Å². The Morgan fingerprint density at radius 3 is 2.67 bits per heavy atom. The van der Waals surface area contributed by atoms with E-state index >= 15 is 0 Å². The molecule has 0 spiro atoms. The summed E-state index contributed by atoms with van der Waals surface area (Å²) in [6.07, 6.45) is 3.87. The summed E-state index contributed by atoms with van der Waals surface area (Å²) < 4.78 is 20.7. The molecule has 0 amide bonds. The van der Waals surface area contributed by atoms with Crippen LogP contribution in [0.15, 0.2) is 54.7 Å². The van der Waals surface area contributed by atoms with E-state index in [9.17, 15) is 14.3 Å². The molecule has 2 aromatic carbocycles. The quantitative estimate of drug-likeness (QED) is 0.537. The van der Waals surface area contributed by atoms with Crippen LogP contribution in [-0.2, 0) is 13.5 Å². The molecule has 0 unspecified atom stereocenters. The molecule has 2 heterocycles. The summed E-state index contributed by atoms with van der Waals surface area (Å²) in [5.74, 6) is -0.126. The smallest absolute Gasteiger partial charge is 0.336 e. The second-order valence-corrected chi connectivity index (χ2v) is 7.08. The maximum Gasteiger partial charge on any atom is 0.336 e. The van der Waals surface area contributed by atoms with Gasteiger partial charge in [-0.2, -0.15) is 5.10 Å². The number of carbonyl (C=O) groups is 1. The maximum absolute atomic E-state index is 13.1. The number of aromatic nitrogens is 3. The van der Waals surface area contributed by atoms with Crippen molar-refractivity contribution in [1.29, 1.82) is 0 Å². The third kappa shape index (κ3) is 3.00. The summed E-state index contributed by atoms with van der Waals surface area (Å²) in [6, 6.07) is 13.0. The number of rotatable bonds is 4. The lowest BCUT2D eigenvalue weighted by atomic mass is 10.0. The number of aryl methyl sites for hydroxylation is 1. The van der Waals surface area contributed by atoms with Crippen molar-refractivity contribution >= 4 is 28.5 Å². The standard InChI is InChI=1S/C23H16FN3O3/c1-27-21-12-16(30-15-4-2-14(24)3-5-15)6-7-18(21)22(26-27)13-10-19-17(23(28)29)8-9-25-20(19)11-13/h2-9,11-12H,10H2,1H3,(H,28,29). The zero-order chi connectivity index (χ0) is 20.8. The van der Waals surface area contributed by atoms with Gasteiger partial charge >= 0.3 is 5.97 Å². The molecule has 30 heavy (non-hydrogen) atoms. The molecule has 0 saturated carbocycles. The SMILES string of the molecule is Cn1nc(C2=Cc3nccc(C(=O)O)c3C2)c2ccc(Oc3ccc(F)cc3)cc21. The number of aromatic carboxylic acids is 1. The largest absolute Gasteiger partial charge is 0.478 e. The van der Waals surface area contributed by atoms with E-state index < -0.39 is 5.97 Å². The molecule has 1 aliphatic carbocycles. The van der Waals surface area contributed by atoms with Crippen molar-refractivity contribution in [3.8, 4) is 11.5 Å². The highest BCUT2D eigenvalue weighted by atomic mass is 19.1. The molecule has 2 aromatic heterocycles. The molecule has 0 aliphatic heterocycles. The third-order valence-electron chi connectivity index (χ3n) is 5.17. The minimum absolute atomic E-state index is 0.265. The lowest BCUT2D eigenvalue weighted by molar-refractivity contribution is 0.0695. The normalized spacial score (nSPS) is 12.7. The molecule has 0 saturated heterocycles. The molecule has 0 bridgehead atoms. The molecular weight excluding hydrogens is 385 g/mol. The number of pyridine rings is 1. The third-order valence-corrected chi connectivity index (χ3v) is 5.17. The number of halogens is 1. The molecule has 4 aromatic rings. The second kappa shape index (κ2) is 6.81. The van der Waals surface area contributed by atoms with Crippen LogP contribution in [0, 0.1) is 5.82 Å². The molecule has 1 N–H and O–H groups in total. The van der Waals surface area contributed by atoms with Crippen molar-refractivity contribution in [1.82, 2.24) is 14.8 Å². The molecule has 1 aliphatic rings. The van der Waals surface area contributed by atoms with E-state index in [1.165, 1.54) is 24.4 Å². The summed E-state index contributed by atoms with van der Waals surface area (Å²) in [5, 5.41) is 15.0. The predicted molar refractivity (Wildman–Crippen MR) is 110 cm³/mol. The Hall–Kier alpha value is -4.00. The van der Waals surface area contributed by atoms with Crippen LogP contribution in [0.25, 0.3) is 22.6 Å². The Labute approximate surface area is 170 Å². The van der Waals surface area contributed by atoms with Crippen molar-refractivity contribution in [3.05, 3.63) is 83.1 Å². The molecule has 0 radical (unpaired) electrons. The predicted octanol–water partition coefficient (Wildman–Crippen LogP) is 4.69. The zero-order valence-electron chi connectivity index (χ0n) is 16.0. The lowest BCUT2D eigenvalue weighted by Crippen LogP contribution is -2.03. The van der Waals surface area contributed by atoms with Gasteiger partial charge in [-0.3, -0.25) is 9.67 Å². The lowest BCUT2D eigenvalue weighted by Gasteiger charge is -2.06. The van der Waals surface area contributed by atoms with Gasteiger partial charge in [0.25, 0.3) is 0 Å². The Morgan fingerprint density at radius 1 is 1.13 bits per heavy atom. The summed E-state index contributed by atoms with van der Waals surface area (Å²) in [4.78, 5) is 15.8. The van der Waals surface area contributed by atoms with Crippen LogP contribution in [0.3, 0.4) is 0 Å². The maximum atomic E-state index is 13.1. The Bertz CT molecular complexity index is 1340. The van der Waals surface area contributed by atoms with Crippen LogP contribution >= 0.6 is 0 Å². The molecule has 5 rings (SSSR count). The average Bonchev–Trinajstić information content (AvgIpc) is 3.30. The van der Waals surface area contributed by atoms with Crippen LogP contribution in [0.2, 0.25) is 0 Å². The molecule has 0 atom stereocenters.